The number of rotatable bonds is 12. The van der Waals surface area contributed by atoms with Crippen molar-refractivity contribution in [3.63, 3.8) is 0 Å². The normalized spacial score (nSPS) is 17.0. The molecule has 0 saturated carbocycles. The van der Waals surface area contributed by atoms with Gasteiger partial charge in [0.05, 0.1) is 0 Å². The molecule has 43 heavy (non-hydrogen) atoms. The lowest BCUT2D eigenvalue weighted by atomic mass is 9.97. The number of hydrogen-bond acceptors (Lipinski definition) is 3. The summed E-state index contributed by atoms with van der Waals surface area (Å²) in [5.41, 5.74) is 0. The fourth-order valence-electron chi connectivity index (χ4n) is 1.93. The summed E-state index contributed by atoms with van der Waals surface area (Å²) >= 11 is 0. The molecule has 0 amide bonds. The van der Waals surface area contributed by atoms with Crippen molar-refractivity contribution in [1.29, 1.82) is 0 Å². The lowest BCUT2D eigenvalue weighted by molar-refractivity contribution is -0.464. The first-order valence-electron chi connectivity index (χ1n) is 8.57. The van der Waals surface area contributed by atoms with E-state index in [1.165, 1.54) is 9.05 Å². The molecule has 0 atom stereocenters. The summed E-state index contributed by atoms with van der Waals surface area (Å²) in [6.45, 7) is 0. The zero-order chi connectivity index (χ0) is 35.9. The van der Waals surface area contributed by atoms with Crippen LogP contribution in [-0.2, 0) is 13.6 Å². The molecule has 0 saturated heterocycles. The summed E-state index contributed by atoms with van der Waals surface area (Å²) in [5, 5.41) is 0. The van der Waals surface area contributed by atoms with Crippen molar-refractivity contribution >= 4 is 7.82 Å². The first-order chi connectivity index (χ1) is 17.9. The zero-order valence-electron chi connectivity index (χ0n) is 17.9. The number of phosphoric ester groups is 1. The molecule has 0 radical (unpaired) electrons. The van der Waals surface area contributed by atoms with Gasteiger partial charge in [-0.1, -0.05) is 0 Å². The third kappa shape index (κ3) is 5.87. The Kier molecular flexibility index (Phi) is 9.74. The van der Waals surface area contributed by atoms with Crippen molar-refractivity contribution in [2.24, 2.45) is 0 Å². The van der Waals surface area contributed by atoms with Crippen molar-refractivity contribution in [2.75, 3.05) is 0 Å². The summed E-state index contributed by atoms with van der Waals surface area (Å²) in [7, 11) is -8.95. The van der Waals surface area contributed by atoms with Crippen LogP contribution in [0.1, 0.15) is 0 Å². The Morgan fingerprint density at radius 1 is 0.326 bits per heavy atom. The summed E-state index contributed by atoms with van der Waals surface area (Å²) in [6, 6.07) is 0. The molecule has 0 aromatic carbocycles. The zero-order valence-corrected chi connectivity index (χ0v) is 18.8. The predicted octanol–water partition coefficient (Wildman–Crippen LogP) is 8.51. The van der Waals surface area contributed by atoms with Crippen LogP contribution < -0.4 is 0 Å². The second-order valence-corrected chi connectivity index (χ2v) is 8.58. The van der Waals surface area contributed by atoms with Gasteiger partial charge in [0.2, 0.25) is 0 Å². The Morgan fingerprint density at radius 2 is 0.488 bits per heavy atom. The van der Waals surface area contributed by atoms with Crippen LogP contribution in [-0.4, -0.2) is 76.8 Å². The quantitative estimate of drug-likeness (QED) is 0.162. The maximum atomic E-state index is 13.3. The minimum atomic E-state index is -8.95. The standard InChI is InChI=1S/C12HF26O4P/c13-1(14,5(21,22)9(29,30)31)3(17,18)7(25,26)11(35,36)41-43(39,40)42-12(37,38)8(27,28)4(19,20)2(15,16)6(23,24)10(32,33)34/h(H,39,40). The average Bonchev–Trinajstić information content (AvgIpc) is 2.69. The van der Waals surface area contributed by atoms with E-state index >= 15 is 0 Å². The van der Waals surface area contributed by atoms with Crippen LogP contribution in [0.4, 0.5) is 114 Å². The van der Waals surface area contributed by atoms with E-state index in [0.717, 1.165) is 0 Å². The number of phosphoric acid groups is 1. The van der Waals surface area contributed by atoms with Gasteiger partial charge in [-0.15, -0.1) is 0 Å². The molecular formula is C12HF26O4P. The molecule has 0 aliphatic carbocycles. The molecule has 0 aromatic rings. The summed E-state index contributed by atoms with van der Waals surface area (Å²) in [6.07, 6.45) is -32.9. The second-order valence-electron chi connectivity index (χ2n) is 7.28. The Balaban J connectivity index is 6.74. The molecule has 1 N–H and O–H groups in total. The fraction of sp³-hybridized carbons (Fsp3) is 1.00. The molecule has 0 spiro atoms. The lowest BCUT2D eigenvalue weighted by Crippen LogP contribution is -2.70. The van der Waals surface area contributed by atoms with E-state index in [-0.39, 0.29) is 0 Å². The minimum Gasteiger partial charge on any atom is -0.302 e. The third-order valence-corrected chi connectivity index (χ3v) is 5.19. The Bertz CT molecular complexity index is 989. The van der Waals surface area contributed by atoms with Gasteiger partial charge in [-0.3, -0.25) is 0 Å². The highest BCUT2D eigenvalue weighted by Gasteiger charge is 2.93. The van der Waals surface area contributed by atoms with Crippen LogP contribution in [0.3, 0.4) is 0 Å². The van der Waals surface area contributed by atoms with Crippen LogP contribution in [0.2, 0.25) is 0 Å². The molecule has 260 valence electrons. The Hall–Kier alpha value is -1.71. The van der Waals surface area contributed by atoms with Gasteiger partial charge in [-0.25, -0.2) is 13.6 Å². The molecule has 4 nitrogen and oxygen atoms in total. The summed E-state index contributed by atoms with van der Waals surface area (Å²) < 4.78 is 347. The SMILES string of the molecule is O=P(O)(OC(F)(F)C(F)(F)C(F)(F)C(F)(F)C(F)(F)C(F)(F)F)OC(F)(F)C(F)(F)C(F)(F)C(F)(F)C(F)(F)C(F)(F)F. The minimum absolute atomic E-state index is 1.31. The van der Waals surface area contributed by atoms with Crippen molar-refractivity contribution in [3.05, 3.63) is 0 Å². The topological polar surface area (TPSA) is 55.8 Å². The maximum absolute atomic E-state index is 13.3. The van der Waals surface area contributed by atoms with Gasteiger partial charge in [0.25, 0.3) is 0 Å². The summed E-state index contributed by atoms with van der Waals surface area (Å²) in [5.74, 6) is -70.1. The monoisotopic (exact) mass is 734 g/mol. The number of halogens is 26. The van der Waals surface area contributed by atoms with Crippen molar-refractivity contribution < 1.29 is 133 Å². The van der Waals surface area contributed by atoms with Crippen LogP contribution in [0.5, 0.6) is 0 Å². The molecule has 0 aromatic heterocycles. The van der Waals surface area contributed by atoms with E-state index in [1.54, 1.807) is 0 Å². The maximum Gasteiger partial charge on any atom is 0.482 e. The Labute approximate surface area is 214 Å². The van der Waals surface area contributed by atoms with Gasteiger partial charge in [-0.2, -0.15) is 114 Å². The third-order valence-electron chi connectivity index (χ3n) is 4.27. The van der Waals surface area contributed by atoms with Crippen LogP contribution >= 0.6 is 7.82 Å². The first-order valence-corrected chi connectivity index (χ1v) is 10.1. The van der Waals surface area contributed by atoms with E-state index in [4.69, 9.17) is 4.89 Å². The number of hydrogen-bond donors (Lipinski definition) is 1. The molecule has 0 fully saturated rings. The molecular weight excluding hydrogens is 733 g/mol. The van der Waals surface area contributed by atoms with Crippen molar-refractivity contribution in [2.45, 2.75) is 72.0 Å². The average molecular weight is 734 g/mol. The van der Waals surface area contributed by atoms with Crippen molar-refractivity contribution in [1.82, 2.24) is 0 Å². The predicted molar refractivity (Wildman–Crippen MR) is 73.6 cm³/mol. The van der Waals surface area contributed by atoms with Gasteiger partial charge in [0.1, 0.15) is 0 Å². The second kappa shape index (κ2) is 10.1. The summed E-state index contributed by atoms with van der Waals surface area (Å²) in [4.78, 5) is 8.39. The van der Waals surface area contributed by atoms with Gasteiger partial charge >= 0.3 is 79.8 Å². The molecule has 0 aliphatic rings. The molecule has 0 bridgehead atoms. The van der Waals surface area contributed by atoms with Gasteiger partial charge in [0, 0.05) is 0 Å². The van der Waals surface area contributed by atoms with Gasteiger partial charge in [0.15, 0.2) is 0 Å². The molecule has 0 heterocycles. The molecule has 31 heteroatoms. The van der Waals surface area contributed by atoms with E-state index < -0.39 is 79.8 Å². The van der Waals surface area contributed by atoms with Gasteiger partial charge < -0.3 is 4.89 Å². The fourth-order valence-corrected chi connectivity index (χ4v) is 2.78. The van der Waals surface area contributed by atoms with E-state index in [1.807, 2.05) is 0 Å². The highest BCUT2D eigenvalue weighted by Crippen LogP contribution is 2.66. The smallest absolute Gasteiger partial charge is 0.302 e. The lowest BCUT2D eigenvalue weighted by Gasteiger charge is -2.40. The van der Waals surface area contributed by atoms with Crippen LogP contribution in [0.15, 0.2) is 0 Å². The highest BCUT2D eigenvalue weighted by molar-refractivity contribution is 7.47. The van der Waals surface area contributed by atoms with Crippen molar-refractivity contribution in [3.8, 4) is 0 Å². The van der Waals surface area contributed by atoms with Gasteiger partial charge in [-0.05, 0) is 0 Å². The molecule has 0 aliphatic heterocycles. The van der Waals surface area contributed by atoms with Crippen LogP contribution in [0.25, 0.3) is 0 Å². The highest BCUT2D eigenvalue weighted by atomic mass is 31.2. The Morgan fingerprint density at radius 3 is 0.651 bits per heavy atom. The van der Waals surface area contributed by atoms with E-state index in [0.29, 0.717) is 0 Å². The van der Waals surface area contributed by atoms with Crippen LogP contribution in [0, 0.1) is 0 Å². The van der Waals surface area contributed by atoms with E-state index in [9.17, 15) is 119 Å². The number of alkyl halides is 26. The van der Waals surface area contributed by atoms with E-state index in [2.05, 4.69) is 0 Å². The molecule has 0 unspecified atom stereocenters. The first kappa shape index (κ1) is 41.3. The molecule has 0 rings (SSSR count). The largest absolute Gasteiger partial charge is 0.482 e.